The molecule has 0 aromatic carbocycles. The van der Waals surface area contributed by atoms with Crippen LogP contribution in [0.15, 0.2) is 0 Å². The van der Waals surface area contributed by atoms with Gasteiger partial charge in [0.1, 0.15) is 12.3 Å². The molecule has 0 radical (unpaired) electrons. The second-order valence-corrected chi connectivity index (χ2v) is 3.84. The molecule has 0 aromatic heterocycles. The largest absolute Gasteiger partial charge is 0.288 e. The molecule has 0 aliphatic rings. The van der Waals surface area contributed by atoms with E-state index in [9.17, 15) is 13.6 Å². The molecule has 72 valence electrons. The summed E-state index contributed by atoms with van der Waals surface area (Å²) in [4.78, 5) is 10.4. The topological polar surface area (TPSA) is 17.1 Å². The molecule has 2 unspecified atom stereocenters. The molecular weight excluding hydrogens is 182 g/mol. The van der Waals surface area contributed by atoms with Crippen molar-refractivity contribution in [3.63, 3.8) is 0 Å². The highest BCUT2D eigenvalue weighted by molar-refractivity contribution is 8.13. The fraction of sp³-hybridized carbons (Fsp3) is 0.875. The summed E-state index contributed by atoms with van der Waals surface area (Å²) in [5.74, 6) is 0.372. The first kappa shape index (κ1) is 11.9. The monoisotopic (exact) mass is 196 g/mol. The lowest BCUT2D eigenvalue weighted by atomic mass is 10.1. The van der Waals surface area contributed by atoms with E-state index < -0.39 is 12.3 Å². The van der Waals surface area contributed by atoms with Crippen LogP contribution in [0.4, 0.5) is 8.78 Å². The molecule has 0 rings (SSSR count). The standard InChI is InChI=1S/C8H14F2OS/c1-3-7(9)8(10)4-5-12-6(2)11/h7-8H,3-5H2,1-2H3. The van der Waals surface area contributed by atoms with Crippen LogP contribution in [0.25, 0.3) is 0 Å². The number of rotatable bonds is 5. The van der Waals surface area contributed by atoms with Gasteiger partial charge in [-0.3, -0.25) is 4.79 Å². The predicted molar refractivity (Wildman–Crippen MR) is 47.8 cm³/mol. The molecule has 0 aliphatic heterocycles. The molecule has 12 heavy (non-hydrogen) atoms. The second kappa shape index (κ2) is 6.40. The molecule has 0 spiro atoms. The normalized spacial score (nSPS) is 15.7. The molecule has 0 bridgehead atoms. The van der Waals surface area contributed by atoms with Crippen molar-refractivity contribution >= 4 is 16.9 Å². The lowest BCUT2D eigenvalue weighted by molar-refractivity contribution is -0.109. The summed E-state index contributed by atoms with van der Waals surface area (Å²) in [5.41, 5.74) is 0. The van der Waals surface area contributed by atoms with Gasteiger partial charge in [0.25, 0.3) is 0 Å². The van der Waals surface area contributed by atoms with E-state index in [4.69, 9.17) is 0 Å². The molecule has 4 heteroatoms. The second-order valence-electron chi connectivity index (χ2n) is 2.57. The van der Waals surface area contributed by atoms with Gasteiger partial charge in [-0.2, -0.15) is 0 Å². The number of hydrogen-bond donors (Lipinski definition) is 0. The Bertz CT molecular complexity index is 141. The van der Waals surface area contributed by atoms with Crippen molar-refractivity contribution in [2.75, 3.05) is 5.75 Å². The lowest BCUT2D eigenvalue weighted by Crippen LogP contribution is -2.17. The molecule has 0 heterocycles. The zero-order valence-corrected chi connectivity index (χ0v) is 8.16. The maximum atomic E-state index is 12.7. The van der Waals surface area contributed by atoms with Crippen LogP contribution in [0.1, 0.15) is 26.7 Å². The summed E-state index contributed by atoms with van der Waals surface area (Å²) in [7, 11) is 0. The summed E-state index contributed by atoms with van der Waals surface area (Å²) in [6.07, 6.45) is -2.47. The Balaban J connectivity index is 3.43. The van der Waals surface area contributed by atoms with Crippen molar-refractivity contribution in [2.45, 2.75) is 39.0 Å². The van der Waals surface area contributed by atoms with E-state index in [0.717, 1.165) is 11.8 Å². The summed E-state index contributed by atoms with van der Waals surface area (Å²) >= 11 is 1.04. The highest BCUT2D eigenvalue weighted by Crippen LogP contribution is 2.15. The minimum Gasteiger partial charge on any atom is -0.288 e. The van der Waals surface area contributed by atoms with Crippen molar-refractivity contribution in [3.05, 3.63) is 0 Å². The quantitative estimate of drug-likeness (QED) is 0.672. The number of thioether (sulfide) groups is 1. The minimum absolute atomic E-state index is 0.0471. The summed E-state index contributed by atoms with van der Waals surface area (Å²) in [6.45, 7) is 3.03. The zero-order chi connectivity index (χ0) is 9.56. The zero-order valence-electron chi connectivity index (χ0n) is 7.35. The number of carbonyl (C=O) groups is 1. The van der Waals surface area contributed by atoms with Gasteiger partial charge < -0.3 is 0 Å². The number of alkyl halides is 2. The van der Waals surface area contributed by atoms with Gasteiger partial charge in [0.15, 0.2) is 5.12 Å². The number of hydrogen-bond acceptors (Lipinski definition) is 2. The van der Waals surface area contributed by atoms with E-state index in [2.05, 4.69) is 0 Å². The van der Waals surface area contributed by atoms with Gasteiger partial charge in [-0.1, -0.05) is 18.7 Å². The molecule has 0 amide bonds. The van der Waals surface area contributed by atoms with Gasteiger partial charge in [0.05, 0.1) is 0 Å². The van der Waals surface area contributed by atoms with Crippen molar-refractivity contribution < 1.29 is 13.6 Å². The highest BCUT2D eigenvalue weighted by Gasteiger charge is 2.17. The lowest BCUT2D eigenvalue weighted by Gasteiger charge is -2.09. The van der Waals surface area contributed by atoms with Crippen LogP contribution in [-0.2, 0) is 4.79 Å². The van der Waals surface area contributed by atoms with Gasteiger partial charge in [0, 0.05) is 12.7 Å². The van der Waals surface area contributed by atoms with Crippen molar-refractivity contribution in [3.8, 4) is 0 Å². The Hall–Kier alpha value is -0.120. The molecule has 0 aliphatic carbocycles. The van der Waals surface area contributed by atoms with Gasteiger partial charge in [-0.25, -0.2) is 8.78 Å². The number of carbonyl (C=O) groups excluding carboxylic acids is 1. The molecule has 2 atom stereocenters. The van der Waals surface area contributed by atoms with Crippen LogP contribution in [0.2, 0.25) is 0 Å². The summed E-state index contributed by atoms with van der Waals surface area (Å²) in [5, 5.41) is -0.0471. The average molecular weight is 196 g/mol. The molecule has 1 nitrogen and oxygen atoms in total. The van der Waals surface area contributed by atoms with E-state index >= 15 is 0 Å². The SMILES string of the molecule is CCC(F)C(F)CCSC(C)=O. The van der Waals surface area contributed by atoms with E-state index in [-0.39, 0.29) is 18.0 Å². The van der Waals surface area contributed by atoms with Crippen molar-refractivity contribution in [1.82, 2.24) is 0 Å². The molecule has 0 saturated carbocycles. The fourth-order valence-corrected chi connectivity index (χ4v) is 1.38. The molecule has 0 fully saturated rings. The Labute approximate surface area is 75.9 Å². The smallest absolute Gasteiger partial charge is 0.185 e. The van der Waals surface area contributed by atoms with Crippen LogP contribution in [0.3, 0.4) is 0 Å². The Morgan fingerprint density at radius 3 is 2.42 bits per heavy atom. The van der Waals surface area contributed by atoms with E-state index in [0.29, 0.717) is 5.75 Å². The third-order valence-electron chi connectivity index (χ3n) is 1.48. The first-order valence-electron chi connectivity index (χ1n) is 3.99. The van der Waals surface area contributed by atoms with Crippen LogP contribution < -0.4 is 0 Å². The van der Waals surface area contributed by atoms with Gasteiger partial charge in [-0.15, -0.1) is 0 Å². The van der Waals surface area contributed by atoms with Gasteiger partial charge in [0.2, 0.25) is 0 Å². The molecule has 0 saturated heterocycles. The third-order valence-corrected chi connectivity index (χ3v) is 2.33. The van der Waals surface area contributed by atoms with E-state index in [1.165, 1.54) is 6.92 Å². The minimum atomic E-state index is -1.41. The van der Waals surface area contributed by atoms with Gasteiger partial charge in [-0.05, 0) is 12.8 Å². The first-order valence-corrected chi connectivity index (χ1v) is 4.98. The number of halogens is 2. The summed E-state index contributed by atoms with van der Waals surface area (Å²) in [6, 6.07) is 0. The van der Waals surface area contributed by atoms with Crippen molar-refractivity contribution in [2.24, 2.45) is 0 Å². The molecular formula is C8H14F2OS. The molecule has 0 aromatic rings. The predicted octanol–water partition coefficient (Wildman–Crippen LogP) is 2.74. The van der Waals surface area contributed by atoms with Crippen LogP contribution in [0, 0.1) is 0 Å². The average Bonchev–Trinajstić information content (AvgIpc) is 2.02. The highest BCUT2D eigenvalue weighted by atomic mass is 32.2. The van der Waals surface area contributed by atoms with E-state index in [1.54, 1.807) is 6.92 Å². The Morgan fingerprint density at radius 2 is 2.00 bits per heavy atom. The van der Waals surface area contributed by atoms with Crippen LogP contribution in [-0.4, -0.2) is 23.2 Å². The first-order chi connectivity index (χ1) is 5.57. The Kier molecular flexibility index (Phi) is 6.34. The molecule has 0 N–H and O–H groups in total. The fourth-order valence-electron chi connectivity index (χ4n) is 0.752. The maximum Gasteiger partial charge on any atom is 0.185 e. The Morgan fingerprint density at radius 1 is 1.42 bits per heavy atom. The van der Waals surface area contributed by atoms with E-state index in [1.807, 2.05) is 0 Å². The summed E-state index contributed by atoms with van der Waals surface area (Å²) < 4.78 is 25.3. The third kappa shape index (κ3) is 5.52. The van der Waals surface area contributed by atoms with Crippen molar-refractivity contribution in [1.29, 1.82) is 0 Å². The van der Waals surface area contributed by atoms with Crippen LogP contribution in [0.5, 0.6) is 0 Å². The van der Waals surface area contributed by atoms with Crippen LogP contribution >= 0.6 is 11.8 Å². The maximum absolute atomic E-state index is 12.7. The van der Waals surface area contributed by atoms with Gasteiger partial charge >= 0.3 is 0 Å².